The first-order chi connectivity index (χ1) is 12.4. The van der Waals surface area contributed by atoms with Crippen LogP contribution in [0.4, 0.5) is 10.1 Å². The Balaban J connectivity index is 2.05. The third-order valence-corrected chi connectivity index (χ3v) is 4.51. The van der Waals surface area contributed by atoms with Crippen LogP contribution in [0.25, 0.3) is 11.3 Å². The summed E-state index contributed by atoms with van der Waals surface area (Å²) in [6.45, 7) is 1.57. The first-order valence-corrected chi connectivity index (χ1v) is 8.65. The van der Waals surface area contributed by atoms with Gasteiger partial charge in [0.05, 0.1) is 23.4 Å². The highest BCUT2D eigenvalue weighted by atomic mass is 79.9. The molecule has 0 spiro atoms. The smallest absolute Gasteiger partial charge is 0.261 e. The Kier molecular flexibility index (Phi) is 5.29. The lowest BCUT2D eigenvalue weighted by atomic mass is 10.0. The molecule has 1 amide bonds. The predicted octanol–water partition coefficient (Wildman–Crippen LogP) is 5.47. The monoisotopic (exact) mass is 438 g/mol. The minimum atomic E-state index is -0.597. The van der Waals surface area contributed by atoms with Gasteiger partial charge >= 0.3 is 0 Å². The van der Waals surface area contributed by atoms with Gasteiger partial charge in [-0.1, -0.05) is 38.8 Å². The molecule has 0 fully saturated rings. The highest BCUT2D eigenvalue weighted by Gasteiger charge is 2.26. The molecule has 3 rings (SSSR count). The molecule has 134 valence electrons. The van der Waals surface area contributed by atoms with E-state index in [2.05, 4.69) is 26.4 Å². The number of ether oxygens (including phenoxy) is 1. The lowest BCUT2D eigenvalue weighted by molar-refractivity contribution is 0.102. The van der Waals surface area contributed by atoms with Crippen LogP contribution in [0.3, 0.4) is 0 Å². The van der Waals surface area contributed by atoms with Crippen molar-refractivity contribution in [2.75, 3.05) is 12.4 Å². The van der Waals surface area contributed by atoms with Gasteiger partial charge < -0.3 is 14.6 Å². The summed E-state index contributed by atoms with van der Waals surface area (Å²) in [4.78, 5) is 12.8. The van der Waals surface area contributed by atoms with Crippen LogP contribution in [0.5, 0.6) is 5.75 Å². The van der Waals surface area contributed by atoms with Crippen molar-refractivity contribution in [2.24, 2.45) is 0 Å². The van der Waals surface area contributed by atoms with Crippen LogP contribution in [0.2, 0.25) is 5.02 Å². The molecule has 2 aromatic carbocycles. The number of methoxy groups -OCH3 is 1. The van der Waals surface area contributed by atoms with Gasteiger partial charge in [0.2, 0.25) is 0 Å². The third-order valence-electron chi connectivity index (χ3n) is 3.70. The van der Waals surface area contributed by atoms with E-state index in [1.54, 1.807) is 25.1 Å². The molecule has 0 unspecified atom stereocenters. The topological polar surface area (TPSA) is 64.4 Å². The van der Waals surface area contributed by atoms with Gasteiger partial charge in [-0.3, -0.25) is 4.79 Å². The van der Waals surface area contributed by atoms with Crippen LogP contribution in [0.1, 0.15) is 16.1 Å². The minimum absolute atomic E-state index is 0.0115. The van der Waals surface area contributed by atoms with Crippen molar-refractivity contribution in [3.8, 4) is 17.0 Å². The van der Waals surface area contributed by atoms with Gasteiger partial charge in [0.1, 0.15) is 28.6 Å². The van der Waals surface area contributed by atoms with E-state index in [0.717, 1.165) is 4.47 Å². The maximum Gasteiger partial charge on any atom is 0.261 e. The maximum absolute atomic E-state index is 14.3. The molecule has 0 aliphatic heterocycles. The summed E-state index contributed by atoms with van der Waals surface area (Å²) < 4.78 is 25.4. The summed E-state index contributed by atoms with van der Waals surface area (Å²) in [6, 6.07) is 9.40. The van der Waals surface area contributed by atoms with Gasteiger partial charge in [-0.05, 0) is 37.3 Å². The number of nitrogens with zero attached hydrogens (tertiary/aromatic N) is 1. The van der Waals surface area contributed by atoms with E-state index in [4.69, 9.17) is 20.9 Å². The van der Waals surface area contributed by atoms with Crippen molar-refractivity contribution in [1.82, 2.24) is 5.16 Å². The normalized spacial score (nSPS) is 10.7. The van der Waals surface area contributed by atoms with Gasteiger partial charge in [-0.2, -0.15) is 0 Å². The number of nitrogens with one attached hydrogen (secondary N) is 1. The van der Waals surface area contributed by atoms with Crippen LogP contribution in [-0.2, 0) is 0 Å². The summed E-state index contributed by atoms with van der Waals surface area (Å²) in [5, 5.41) is 6.70. The summed E-state index contributed by atoms with van der Waals surface area (Å²) in [6.07, 6.45) is 0. The molecule has 1 N–H and O–H groups in total. The molecule has 26 heavy (non-hydrogen) atoms. The van der Waals surface area contributed by atoms with E-state index in [9.17, 15) is 9.18 Å². The number of hydrogen-bond donors (Lipinski definition) is 1. The zero-order valence-corrected chi connectivity index (χ0v) is 16.1. The van der Waals surface area contributed by atoms with Crippen molar-refractivity contribution in [2.45, 2.75) is 6.92 Å². The fraction of sp³-hybridized carbons (Fsp3) is 0.111. The van der Waals surface area contributed by atoms with E-state index in [-0.39, 0.29) is 27.6 Å². The first kappa shape index (κ1) is 18.4. The Labute approximate surface area is 162 Å². The molecule has 0 aliphatic carbocycles. The zero-order valence-electron chi connectivity index (χ0n) is 13.8. The van der Waals surface area contributed by atoms with Crippen LogP contribution in [-0.4, -0.2) is 18.2 Å². The maximum atomic E-state index is 14.3. The Morgan fingerprint density at radius 2 is 2.12 bits per heavy atom. The number of halogens is 3. The van der Waals surface area contributed by atoms with Crippen molar-refractivity contribution < 1.29 is 18.4 Å². The van der Waals surface area contributed by atoms with E-state index in [1.165, 1.54) is 25.3 Å². The molecule has 5 nitrogen and oxygen atoms in total. The number of hydrogen-bond acceptors (Lipinski definition) is 4. The molecule has 1 aromatic heterocycles. The van der Waals surface area contributed by atoms with E-state index >= 15 is 0 Å². The summed E-state index contributed by atoms with van der Waals surface area (Å²) in [5.74, 6) is -0.402. The second kappa shape index (κ2) is 7.47. The first-order valence-electron chi connectivity index (χ1n) is 7.48. The van der Waals surface area contributed by atoms with Crippen molar-refractivity contribution in [3.63, 3.8) is 0 Å². The minimum Gasteiger partial charge on any atom is -0.495 e. The molecule has 1 heterocycles. The molecule has 8 heteroatoms. The molecule has 0 saturated heterocycles. The summed E-state index contributed by atoms with van der Waals surface area (Å²) >= 11 is 9.44. The average molecular weight is 440 g/mol. The number of rotatable bonds is 4. The molecule has 0 radical (unpaired) electrons. The Hall–Kier alpha value is -2.38. The quantitative estimate of drug-likeness (QED) is 0.586. The Morgan fingerprint density at radius 1 is 1.35 bits per heavy atom. The Morgan fingerprint density at radius 3 is 2.81 bits per heavy atom. The largest absolute Gasteiger partial charge is 0.495 e. The van der Waals surface area contributed by atoms with Crippen LogP contribution in [0, 0.1) is 12.7 Å². The fourth-order valence-corrected chi connectivity index (χ4v) is 3.11. The lowest BCUT2D eigenvalue weighted by Crippen LogP contribution is -2.14. The molecule has 0 saturated carbocycles. The van der Waals surface area contributed by atoms with Crippen molar-refractivity contribution >= 4 is 39.1 Å². The summed E-state index contributed by atoms with van der Waals surface area (Å²) in [7, 11) is 1.49. The van der Waals surface area contributed by atoms with Crippen molar-refractivity contribution in [3.05, 3.63) is 63.0 Å². The highest BCUT2D eigenvalue weighted by molar-refractivity contribution is 9.10. The predicted molar refractivity (Wildman–Crippen MR) is 100 cm³/mol. The van der Waals surface area contributed by atoms with Crippen LogP contribution in [0.15, 0.2) is 45.4 Å². The third kappa shape index (κ3) is 3.45. The Bertz CT molecular complexity index is 970. The summed E-state index contributed by atoms with van der Waals surface area (Å²) in [5.41, 5.74) is 0.589. The van der Waals surface area contributed by atoms with Gasteiger partial charge in [-0.15, -0.1) is 0 Å². The molecular formula is C18H13BrClFN2O3. The SMILES string of the molecule is COc1ccc(Br)cc1NC(=O)c1c(-c2c(F)cccc2Cl)noc1C. The molecule has 0 aliphatic rings. The van der Waals surface area contributed by atoms with E-state index < -0.39 is 11.7 Å². The second-order valence-electron chi connectivity index (χ2n) is 5.36. The number of benzene rings is 2. The van der Waals surface area contributed by atoms with Gasteiger partial charge in [0.25, 0.3) is 5.91 Å². The number of carbonyl (C=O) groups is 1. The number of aromatic nitrogens is 1. The average Bonchev–Trinajstić information content (AvgIpc) is 2.96. The molecule has 0 atom stereocenters. The highest BCUT2D eigenvalue weighted by Crippen LogP contribution is 2.35. The standard InChI is InChI=1S/C18H13BrClFN2O3/c1-9-15(17(23-26-9)16-11(20)4-3-5-12(16)21)18(24)22-13-8-10(19)6-7-14(13)25-2/h3-8H,1-2H3,(H,22,24). The lowest BCUT2D eigenvalue weighted by Gasteiger charge is -2.11. The number of aryl methyl sites for hydroxylation is 1. The number of carbonyl (C=O) groups excluding carboxylic acids is 1. The van der Waals surface area contributed by atoms with Gasteiger partial charge in [0.15, 0.2) is 0 Å². The van der Waals surface area contributed by atoms with Crippen LogP contribution >= 0.6 is 27.5 Å². The zero-order chi connectivity index (χ0) is 18.8. The number of anilines is 1. The number of amides is 1. The molecule has 0 bridgehead atoms. The van der Waals surface area contributed by atoms with Gasteiger partial charge in [0, 0.05) is 4.47 Å². The fourth-order valence-electron chi connectivity index (χ4n) is 2.50. The second-order valence-corrected chi connectivity index (χ2v) is 6.68. The van der Waals surface area contributed by atoms with E-state index in [1.807, 2.05) is 0 Å². The molecule has 3 aromatic rings. The van der Waals surface area contributed by atoms with Gasteiger partial charge in [-0.25, -0.2) is 4.39 Å². The van der Waals surface area contributed by atoms with Crippen LogP contribution < -0.4 is 10.1 Å². The van der Waals surface area contributed by atoms with Crippen molar-refractivity contribution in [1.29, 1.82) is 0 Å². The van der Waals surface area contributed by atoms with E-state index in [0.29, 0.717) is 11.4 Å². The molecular weight excluding hydrogens is 427 g/mol.